The summed E-state index contributed by atoms with van der Waals surface area (Å²) in [5, 5.41) is 0. The Hall–Kier alpha value is 0.407. The average Bonchev–Trinajstić information content (AvgIpc) is 2.27. The van der Waals surface area contributed by atoms with E-state index in [1.54, 1.807) is 0 Å². The van der Waals surface area contributed by atoms with Crippen LogP contribution in [0.25, 0.3) is 0 Å². The minimum absolute atomic E-state index is 0.325. The number of hydrogen-bond acceptors (Lipinski definition) is 5. The molecule has 4 nitrogen and oxygen atoms in total. The van der Waals surface area contributed by atoms with Crippen LogP contribution in [0.3, 0.4) is 0 Å². The lowest BCUT2D eigenvalue weighted by Crippen LogP contribution is -2.54. The third-order valence-electron chi connectivity index (χ3n) is 2.30. The Bertz CT molecular complexity index is 197. The summed E-state index contributed by atoms with van der Waals surface area (Å²) in [6.45, 7) is 11.4. The van der Waals surface area contributed by atoms with Crippen molar-refractivity contribution in [1.29, 1.82) is 0 Å². The Morgan fingerprint density at radius 1 is 0.944 bits per heavy atom. The lowest BCUT2D eigenvalue weighted by Gasteiger charge is -2.35. The Morgan fingerprint density at radius 2 is 1.39 bits per heavy atom. The molecule has 18 heavy (non-hydrogen) atoms. The first kappa shape index (κ1) is 18.4. The summed E-state index contributed by atoms with van der Waals surface area (Å²) < 4.78 is 23.1. The Balaban J connectivity index is 4.71. The normalized spacial score (nSPS) is 13.0. The molecule has 0 aliphatic carbocycles. The van der Waals surface area contributed by atoms with Crippen molar-refractivity contribution in [1.82, 2.24) is 0 Å². The first-order valence-corrected chi connectivity index (χ1v) is 8.94. The highest BCUT2D eigenvalue weighted by atomic mass is 32.1. The summed E-state index contributed by atoms with van der Waals surface area (Å²) in [6, 6.07) is 0. The molecule has 0 radical (unpaired) electrons. The van der Waals surface area contributed by atoms with Crippen LogP contribution in [0.5, 0.6) is 0 Å². The van der Waals surface area contributed by atoms with E-state index in [0.717, 1.165) is 18.6 Å². The zero-order valence-electron chi connectivity index (χ0n) is 12.3. The highest BCUT2D eigenvalue weighted by Crippen LogP contribution is 2.25. The van der Waals surface area contributed by atoms with Gasteiger partial charge >= 0.3 is 9.05 Å². The molecule has 0 N–H and O–H groups in total. The summed E-state index contributed by atoms with van der Waals surface area (Å²) in [4.78, 5) is 0. The fourth-order valence-corrected chi connectivity index (χ4v) is 4.06. The SMILES string of the molecule is CCO[Si](OCC)(OCC)OC(C)(C)CCCS. The van der Waals surface area contributed by atoms with Crippen LogP contribution in [0.15, 0.2) is 0 Å². The van der Waals surface area contributed by atoms with Gasteiger partial charge in [-0.1, -0.05) is 0 Å². The molecule has 0 aliphatic rings. The summed E-state index contributed by atoms with van der Waals surface area (Å²) in [6.07, 6.45) is 1.89. The van der Waals surface area contributed by atoms with Crippen LogP contribution < -0.4 is 0 Å². The van der Waals surface area contributed by atoms with E-state index in [4.69, 9.17) is 17.7 Å². The number of hydrogen-bond donors (Lipinski definition) is 1. The smallest absolute Gasteiger partial charge is 0.351 e. The van der Waals surface area contributed by atoms with E-state index in [1.165, 1.54) is 0 Å². The molecule has 0 heterocycles. The third-order valence-corrected chi connectivity index (χ3v) is 5.35. The van der Waals surface area contributed by atoms with Crippen LogP contribution in [-0.2, 0) is 17.7 Å². The van der Waals surface area contributed by atoms with E-state index in [-0.39, 0.29) is 5.60 Å². The van der Waals surface area contributed by atoms with Crippen molar-refractivity contribution in [2.24, 2.45) is 0 Å². The Kier molecular flexibility index (Phi) is 9.54. The molecule has 0 aromatic heterocycles. The Labute approximate surface area is 118 Å². The molecule has 0 amide bonds. The van der Waals surface area contributed by atoms with Crippen molar-refractivity contribution >= 4 is 21.7 Å². The molecule has 0 fully saturated rings. The highest BCUT2D eigenvalue weighted by molar-refractivity contribution is 7.80. The second-order valence-electron chi connectivity index (χ2n) is 4.49. The predicted octanol–water partition coefficient (Wildman–Crippen LogP) is 3.04. The highest BCUT2D eigenvalue weighted by Gasteiger charge is 2.49. The van der Waals surface area contributed by atoms with E-state index >= 15 is 0 Å². The molecule has 0 saturated carbocycles. The summed E-state index contributed by atoms with van der Waals surface area (Å²) in [7, 11) is -3.01. The minimum Gasteiger partial charge on any atom is -0.351 e. The van der Waals surface area contributed by atoms with Gasteiger partial charge < -0.3 is 17.7 Å². The van der Waals surface area contributed by atoms with Gasteiger partial charge in [0, 0.05) is 19.8 Å². The molecule has 0 atom stereocenters. The van der Waals surface area contributed by atoms with E-state index in [0.29, 0.717) is 19.8 Å². The summed E-state index contributed by atoms with van der Waals surface area (Å²) in [5.74, 6) is 0.846. The molecular weight excluding hydrogens is 268 g/mol. The molecule has 6 heteroatoms. The van der Waals surface area contributed by atoms with Crippen LogP contribution in [0.1, 0.15) is 47.5 Å². The molecule has 0 aliphatic heterocycles. The van der Waals surface area contributed by atoms with Gasteiger partial charge in [-0.25, -0.2) is 0 Å². The van der Waals surface area contributed by atoms with Gasteiger partial charge in [-0.05, 0) is 53.2 Å². The monoisotopic (exact) mass is 296 g/mol. The summed E-state index contributed by atoms with van der Waals surface area (Å²) >= 11 is 4.23. The molecular formula is C12H28O4SSi. The van der Waals surface area contributed by atoms with Crippen LogP contribution in [-0.4, -0.2) is 40.2 Å². The maximum atomic E-state index is 6.09. The lowest BCUT2D eigenvalue weighted by molar-refractivity contribution is -0.0802. The first-order chi connectivity index (χ1) is 8.45. The lowest BCUT2D eigenvalue weighted by atomic mass is 10.0. The van der Waals surface area contributed by atoms with Gasteiger partial charge in [0.05, 0.1) is 5.60 Å². The van der Waals surface area contributed by atoms with Gasteiger partial charge in [0.15, 0.2) is 0 Å². The van der Waals surface area contributed by atoms with Gasteiger partial charge in [0.2, 0.25) is 0 Å². The van der Waals surface area contributed by atoms with Crippen molar-refractivity contribution in [3.8, 4) is 0 Å². The average molecular weight is 297 g/mol. The van der Waals surface area contributed by atoms with Crippen molar-refractivity contribution < 1.29 is 17.7 Å². The fraction of sp³-hybridized carbons (Fsp3) is 1.00. The third kappa shape index (κ3) is 7.11. The largest absolute Gasteiger partial charge is 0.680 e. The van der Waals surface area contributed by atoms with Crippen molar-refractivity contribution in [3.63, 3.8) is 0 Å². The number of rotatable bonds is 11. The van der Waals surface area contributed by atoms with Gasteiger partial charge in [-0.2, -0.15) is 12.6 Å². The maximum Gasteiger partial charge on any atom is 0.680 e. The van der Waals surface area contributed by atoms with E-state index in [1.807, 2.05) is 34.6 Å². The van der Waals surface area contributed by atoms with Crippen molar-refractivity contribution in [2.45, 2.75) is 53.1 Å². The standard InChI is InChI=1S/C12H28O4SSi/c1-6-13-18(14-7-2,15-8-3)16-12(4,5)10-9-11-17/h17H,6-11H2,1-5H3. The Morgan fingerprint density at radius 3 is 1.72 bits per heavy atom. The van der Waals surface area contributed by atoms with Crippen molar-refractivity contribution in [3.05, 3.63) is 0 Å². The van der Waals surface area contributed by atoms with Gasteiger partial charge in [0.25, 0.3) is 0 Å². The topological polar surface area (TPSA) is 36.9 Å². The second-order valence-corrected chi connectivity index (χ2v) is 7.01. The maximum absolute atomic E-state index is 6.09. The van der Waals surface area contributed by atoms with E-state index in [9.17, 15) is 0 Å². The molecule has 0 aromatic rings. The second kappa shape index (κ2) is 9.33. The molecule has 0 unspecified atom stereocenters. The fourth-order valence-electron chi connectivity index (χ4n) is 1.64. The molecule has 110 valence electrons. The van der Waals surface area contributed by atoms with Crippen LogP contribution >= 0.6 is 12.6 Å². The van der Waals surface area contributed by atoms with Crippen molar-refractivity contribution in [2.75, 3.05) is 25.6 Å². The van der Waals surface area contributed by atoms with Gasteiger partial charge in [0.1, 0.15) is 0 Å². The van der Waals surface area contributed by atoms with Crippen LogP contribution in [0.4, 0.5) is 0 Å². The predicted molar refractivity (Wildman–Crippen MR) is 78.9 cm³/mol. The van der Waals surface area contributed by atoms with Gasteiger partial charge in [-0.3, -0.25) is 0 Å². The molecule has 0 rings (SSSR count). The van der Waals surface area contributed by atoms with E-state index < -0.39 is 9.05 Å². The first-order valence-electron chi connectivity index (χ1n) is 6.68. The van der Waals surface area contributed by atoms with Gasteiger partial charge in [-0.15, -0.1) is 0 Å². The van der Waals surface area contributed by atoms with E-state index in [2.05, 4.69) is 12.6 Å². The van der Waals surface area contributed by atoms with Crippen LogP contribution in [0.2, 0.25) is 0 Å². The zero-order valence-corrected chi connectivity index (χ0v) is 14.2. The quantitative estimate of drug-likeness (QED) is 0.470. The minimum atomic E-state index is -3.01. The summed E-state index contributed by atoms with van der Waals surface area (Å²) in [5.41, 5.74) is -0.325. The zero-order chi connectivity index (χ0) is 14.1. The molecule has 0 bridgehead atoms. The van der Waals surface area contributed by atoms with Crippen LogP contribution in [0, 0.1) is 0 Å². The molecule has 0 saturated heterocycles. The molecule has 0 aromatic carbocycles. The number of thiol groups is 1. The molecule has 0 spiro atoms.